The molecule has 0 aliphatic heterocycles. The van der Waals surface area contributed by atoms with Crippen molar-refractivity contribution in [1.82, 2.24) is 9.38 Å². The second-order valence-corrected chi connectivity index (χ2v) is 7.65. The van der Waals surface area contributed by atoms with E-state index in [4.69, 9.17) is 11.6 Å². The highest BCUT2D eigenvalue weighted by atomic mass is 35.5. The number of nitro groups is 1. The van der Waals surface area contributed by atoms with Crippen molar-refractivity contribution in [3.05, 3.63) is 91.7 Å². The summed E-state index contributed by atoms with van der Waals surface area (Å²) >= 11 is 6.15. The second-order valence-electron chi connectivity index (χ2n) is 7.22. The normalized spacial score (nSPS) is 12.1. The number of aromatic nitrogens is 2. The fourth-order valence-electron chi connectivity index (χ4n) is 3.91. The van der Waals surface area contributed by atoms with E-state index in [0.29, 0.717) is 27.1 Å². The summed E-state index contributed by atoms with van der Waals surface area (Å²) in [6.07, 6.45) is -4.60. The molecule has 0 spiro atoms. The molecule has 0 aliphatic carbocycles. The second kappa shape index (κ2) is 6.83. The Hall–Kier alpha value is -3.85. The zero-order valence-corrected chi connectivity index (χ0v) is 16.7. The lowest BCUT2D eigenvalue weighted by atomic mass is 9.99. The summed E-state index contributed by atoms with van der Waals surface area (Å²) < 4.78 is 41.1. The maximum atomic E-state index is 13.4. The van der Waals surface area contributed by atoms with Crippen LogP contribution in [0.2, 0.25) is 5.02 Å². The van der Waals surface area contributed by atoms with Crippen molar-refractivity contribution in [2.75, 3.05) is 0 Å². The van der Waals surface area contributed by atoms with Crippen molar-refractivity contribution >= 4 is 44.7 Å². The van der Waals surface area contributed by atoms with E-state index in [9.17, 15) is 28.1 Å². The number of hydrogen-bond donors (Lipinski definition) is 1. The van der Waals surface area contributed by atoms with Crippen LogP contribution in [-0.2, 0) is 6.18 Å². The van der Waals surface area contributed by atoms with Crippen molar-refractivity contribution < 1.29 is 18.1 Å². The Morgan fingerprint density at radius 3 is 2.47 bits per heavy atom. The Morgan fingerprint density at radius 2 is 1.78 bits per heavy atom. The predicted octanol–water partition coefficient (Wildman–Crippen LogP) is 6.18. The van der Waals surface area contributed by atoms with Gasteiger partial charge >= 0.3 is 6.18 Å². The lowest BCUT2D eigenvalue weighted by Gasteiger charge is -2.10. The lowest BCUT2D eigenvalue weighted by molar-refractivity contribution is -0.384. The van der Waals surface area contributed by atoms with Gasteiger partial charge in [0.15, 0.2) is 0 Å². The number of H-pyrrole nitrogens is 1. The van der Waals surface area contributed by atoms with E-state index in [0.717, 1.165) is 22.6 Å². The molecule has 0 atom stereocenters. The number of halogens is 4. The van der Waals surface area contributed by atoms with Gasteiger partial charge < -0.3 is 4.98 Å². The Labute approximate surface area is 181 Å². The third-order valence-electron chi connectivity index (χ3n) is 5.31. The molecule has 2 aromatic heterocycles. The smallest absolute Gasteiger partial charge is 0.339 e. The van der Waals surface area contributed by atoms with Gasteiger partial charge in [0.05, 0.1) is 26.9 Å². The molecular weight excluding hydrogens is 447 g/mol. The van der Waals surface area contributed by atoms with E-state index >= 15 is 0 Å². The highest BCUT2D eigenvalue weighted by molar-refractivity contribution is 6.31. The molecule has 0 bridgehead atoms. The number of nitro benzene ring substituents is 1. The molecule has 5 rings (SSSR count). The number of benzene rings is 3. The number of imidazole rings is 1. The van der Waals surface area contributed by atoms with Crippen molar-refractivity contribution in [3.8, 4) is 11.1 Å². The fourth-order valence-corrected chi connectivity index (χ4v) is 4.10. The van der Waals surface area contributed by atoms with Crippen LogP contribution in [0.1, 0.15) is 5.56 Å². The summed E-state index contributed by atoms with van der Waals surface area (Å²) in [6, 6.07) is 13.6. The molecule has 32 heavy (non-hydrogen) atoms. The monoisotopic (exact) mass is 457 g/mol. The minimum Gasteiger partial charge on any atom is -0.339 e. The van der Waals surface area contributed by atoms with E-state index in [1.54, 1.807) is 24.3 Å². The summed E-state index contributed by atoms with van der Waals surface area (Å²) in [5.41, 5.74) is -0.232. The first-order valence-corrected chi connectivity index (χ1v) is 9.65. The average Bonchev–Trinajstić information content (AvgIpc) is 3.11. The van der Waals surface area contributed by atoms with Gasteiger partial charge in [0.2, 0.25) is 0 Å². The Balaban J connectivity index is 2.02. The van der Waals surface area contributed by atoms with Crippen molar-refractivity contribution in [2.45, 2.75) is 6.18 Å². The molecule has 1 N–H and O–H groups in total. The first kappa shape index (κ1) is 20.1. The van der Waals surface area contributed by atoms with Gasteiger partial charge in [-0.2, -0.15) is 13.2 Å². The zero-order valence-electron chi connectivity index (χ0n) is 15.9. The van der Waals surface area contributed by atoms with Crippen LogP contribution in [0, 0.1) is 10.1 Å². The number of non-ortho nitro benzene ring substituents is 1. The van der Waals surface area contributed by atoms with Crippen LogP contribution in [0.5, 0.6) is 0 Å². The molecule has 6 nitrogen and oxygen atoms in total. The molecule has 2 heterocycles. The molecule has 0 unspecified atom stereocenters. The maximum Gasteiger partial charge on any atom is 0.416 e. The number of pyridine rings is 1. The van der Waals surface area contributed by atoms with Gasteiger partial charge in [0.25, 0.3) is 11.2 Å². The van der Waals surface area contributed by atoms with Crippen LogP contribution < -0.4 is 5.56 Å². The number of nitrogens with one attached hydrogen (secondary N) is 1. The third-order valence-corrected chi connectivity index (χ3v) is 5.54. The molecule has 0 saturated heterocycles. The molecule has 0 fully saturated rings. The van der Waals surface area contributed by atoms with Crippen LogP contribution in [0.4, 0.5) is 18.9 Å². The van der Waals surface area contributed by atoms with Crippen molar-refractivity contribution in [1.29, 1.82) is 0 Å². The summed E-state index contributed by atoms with van der Waals surface area (Å²) in [5, 5.41) is 12.1. The lowest BCUT2D eigenvalue weighted by Crippen LogP contribution is -2.14. The number of alkyl halides is 3. The maximum absolute atomic E-state index is 13.4. The van der Waals surface area contributed by atoms with Gasteiger partial charge in [0, 0.05) is 22.7 Å². The molecule has 0 amide bonds. The van der Waals surface area contributed by atoms with Crippen LogP contribution in [0.3, 0.4) is 0 Å². The molecule has 3 aromatic carbocycles. The Bertz CT molecular complexity index is 1640. The highest BCUT2D eigenvalue weighted by Crippen LogP contribution is 2.36. The van der Waals surface area contributed by atoms with Crippen LogP contribution >= 0.6 is 11.6 Å². The minimum absolute atomic E-state index is 0.00462. The first-order chi connectivity index (χ1) is 15.1. The van der Waals surface area contributed by atoms with Gasteiger partial charge in [-0.05, 0) is 47.3 Å². The van der Waals surface area contributed by atoms with Gasteiger partial charge in [-0.15, -0.1) is 0 Å². The standard InChI is InChI=1S/C22H11ClF3N3O3/c23-13-3-1-2-11(8-13)19-15-6-5-14(29(31)32)10-16(15)21(30)28-18-9-12(22(24,25)26)4-7-17(18)27-20(19)28/h1-10,27H. The zero-order chi connectivity index (χ0) is 22.8. The average molecular weight is 458 g/mol. The van der Waals surface area contributed by atoms with Crippen LogP contribution in [-0.4, -0.2) is 14.3 Å². The van der Waals surface area contributed by atoms with Gasteiger partial charge in [-0.1, -0.05) is 23.7 Å². The van der Waals surface area contributed by atoms with E-state index in [1.165, 1.54) is 18.2 Å². The van der Waals surface area contributed by atoms with E-state index < -0.39 is 22.2 Å². The number of rotatable bonds is 2. The summed E-state index contributed by atoms with van der Waals surface area (Å²) in [6.45, 7) is 0. The van der Waals surface area contributed by atoms with Crippen LogP contribution in [0.25, 0.3) is 38.6 Å². The van der Waals surface area contributed by atoms with Gasteiger partial charge in [-0.3, -0.25) is 19.3 Å². The SMILES string of the molecule is O=c1c2cc([N+](=O)[O-])ccc2c(-c2cccc(Cl)c2)c2[nH]c3ccc(C(F)(F)F)cc3n12. The van der Waals surface area contributed by atoms with Gasteiger partial charge in [-0.25, -0.2) is 0 Å². The number of hydrogen-bond acceptors (Lipinski definition) is 3. The minimum atomic E-state index is -4.60. The summed E-state index contributed by atoms with van der Waals surface area (Å²) in [5.74, 6) is 0. The number of nitrogens with zero attached hydrogens (tertiary/aromatic N) is 2. The van der Waals surface area contributed by atoms with Crippen molar-refractivity contribution in [3.63, 3.8) is 0 Å². The molecule has 0 radical (unpaired) electrons. The Morgan fingerprint density at radius 1 is 1.00 bits per heavy atom. The fraction of sp³-hybridized carbons (Fsp3) is 0.0455. The largest absolute Gasteiger partial charge is 0.416 e. The summed E-state index contributed by atoms with van der Waals surface area (Å²) in [7, 11) is 0. The molecule has 0 saturated carbocycles. The van der Waals surface area contributed by atoms with E-state index in [1.807, 2.05) is 0 Å². The topological polar surface area (TPSA) is 80.4 Å². The molecule has 5 aromatic rings. The first-order valence-electron chi connectivity index (χ1n) is 9.27. The molecule has 160 valence electrons. The van der Waals surface area contributed by atoms with E-state index in [-0.39, 0.29) is 22.2 Å². The number of aromatic amines is 1. The molecule has 0 aliphatic rings. The molecular formula is C22H11ClF3N3O3. The van der Waals surface area contributed by atoms with E-state index in [2.05, 4.69) is 4.98 Å². The Kier molecular flexibility index (Phi) is 4.28. The predicted molar refractivity (Wildman–Crippen MR) is 115 cm³/mol. The van der Waals surface area contributed by atoms with Crippen LogP contribution in [0.15, 0.2) is 65.5 Å². The van der Waals surface area contributed by atoms with Gasteiger partial charge in [0.1, 0.15) is 5.65 Å². The van der Waals surface area contributed by atoms with Crippen molar-refractivity contribution in [2.24, 2.45) is 0 Å². The quantitative estimate of drug-likeness (QED) is 0.254. The third kappa shape index (κ3) is 3.01. The highest BCUT2D eigenvalue weighted by Gasteiger charge is 2.31. The number of fused-ring (bicyclic) bond motifs is 4. The summed E-state index contributed by atoms with van der Waals surface area (Å²) in [4.78, 5) is 27.0. The molecule has 10 heteroatoms.